The van der Waals surface area contributed by atoms with Crippen molar-refractivity contribution < 1.29 is 42.3 Å². The molecule has 0 saturated carbocycles. The van der Waals surface area contributed by atoms with E-state index in [2.05, 4.69) is 0 Å². The summed E-state index contributed by atoms with van der Waals surface area (Å²) in [7, 11) is 0. The van der Waals surface area contributed by atoms with Gasteiger partial charge in [-0.3, -0.25) is 4.79 Å². The van der Waals surface area contributed by atoms with E-state index in [0.717, 1.165) is 6.92 Å². The molecule has 0 atom stereocenters. The minimum absolute atomic E-state index is 0. The van der Waals surface area contributed by atoms with Crippen LogP contribution in [0.5, 0.6) is 0 Å². The van der Waals surface area contributed by atoms with Gasteiger partial charge in [0.1, 0.15) is 6.61 Å². The summed E-state index contributed by atoms with van der Waals surface area (Å²) in [6.45, 7) is 0.306. The largest absolute Gasteiger partial charge is 0.481 e. The van der Waals surface area contributed by atoms with Crippen LogP contribution in [0.25, 0.3) is 0 Å². The standard InChI is InChI=1S/C2H4O3.C2H4O2.Cr/c3-1-2(4)5;1-2(3)4;/h3H,1H2,(H,4,5);1H3,(H,3,4);. The quantitative estimate of drug-likeness (QED) is 0.498. The Kier molecular flexibility index (Phi) is 18.2. The van der Waals surface area contributed by atoms with E-state index in [1.165, 1.54) is 0 Å². The summed E-state index contributed by atoms with van der Waals surface area (Å²) >= 11 is 0. The molecule has 3 N–H and O–H groups in total. The van der Waals surface area contributed by atoms with Gasteiger partial charge in [0.25, 0.3) is 5.97 Å². The third kappa shape index (κ3) is 150. The van der Waals surface area contributed by atoms with Crippen LogP contribution in [0, 0.1) is 0 Å². The van der Waals surface area contributed by atoms with Gasteiger partial charge in [-0.2, -0.15) is 0 Å². The second-order valence-corrected chi connectivity index (χ2v) is 1.07. The summed E-state index contributed by atoms with van der Waals surface area (Å²) in [5.41, 5.74) is 0. The van der Waals surface area contributed by atoms with Crippen molar-refractivity contribution >= 4 is 11.9 Å². The van der Waals surface area contributed by atoms with Gasteiger partial charge in [0.15, 0.2) is 0 Å². The Balaban J connectivity index is -0.0000000910. The van der Waals surface area contributed by atoms with Crippen molar-refractivity contribution in [2.24, 2.45) is 0 Å². The molecule has 0 saturated heterocycles. The first-order chi connectivity index (χ1) is 4.00. The number of hydrogen-bond donors (Lipinski definition) is 3. The van der Waals surface area contributed by atoms with Crippen molar-refractivity contribution in [3.8, 4) is 0 Å². The fourth-order valence-corrected chi connectivity index (χ4v) is 0. The summed E-state index contributed by atoms with van der Waals surface area (Å²) in [6, 6.07) is 0. The van der Waals surface area contributed by atoms with Gasteiger partial charge in [-0.1, -0.05) is 0 Å². The van der Waals surface area contributed by atoms with Crippen molar-refractivity contribution in [3.05, 3.63) is 0 Å². The Morgan fingerprint density at radius 3 is 1.40 bits per heavy atom. The number of carboxylic acid groups (broad SMARTS) is 2. The predicted octanol–water partition coefficient (Wildman–Crippen LogP) is -0.848. The molecule has 0 bridgehead atoms. The van der Waals surface area contributed by atoms with E-state index < -0.39 is 18.5 Å². The normalized spacial score (nSPS) is 6.20. The van der Waals surface area contributed by atoms with Crippen LogP contribution in [0.4, 0.5) is 0 Å². The Hall–Kier alpha value is -0.568. The number of aliphatic carboxylic acids is 2. The van der Waals surface area contributed by atoms with E-state index in [1.54, 1.807) is 0 Å². The van der Waals surface area contributed by atoms with Crippen LogP contribution < -0.4 is 0 Å². The number of carboxylic acids is 2. The van der Waals surface area contributed by atoms with Crippen molar-refractivity contribution in [3.63, 3.8) is 0 Å². The van der Waals surface area contributed by atoms with Crippen molar-refractivity contribution in [1.29, 1.82) is 0 Å². The molecule has 60 valence electrons. The molecule has 0 aliphatic rings. The third-order valence-electron chi connectivity index (χ3n) is 0.135. The molecule has 0 heterocycles. The average Bonchev–Trinajstić information content (AvgIpc) is 1.65. The summed E-state index contributed by atoms with van der Waals surface area (Å²) < 4.78 is 0. The Morgan fingerprint density at radius 1 is 1.30 bits per heavy atom. The van der Waals surface area contributed by atoms with Crippen LogP contribution in [0.1, 0.15) is 6.92 Å². The molecular weight excluding hydrogens is 180 g/mol. The molecule has 0 aliphatic carbocycles. The average molecular weight is 188 g/mol. The summed E-state index contributed by atoms with van der Waals surface area (Å²) in [5, 5.41) is 22.4. The maximum absolute atomic E-state index is 9.12. The van der Waals surface area contributed by atoms with Gasteiger partial charge in [-0.05, 0) is 0 Å². The zero-order valence-electron chi connectivity index (χ0n) is 5.27. The number of rotatable bonds is 1. The second kappa shape index (κ2) is 11.3. The van der Waals surface area contributed by atoms with Crippen LogP contribution in [-0.2, 0) is 27.0 Å². The Morgan fingerprint density at radius 2 is 1.40 bits per heavy atom. The monoisotopic (exact) mass is 188 g/mol. The van der Waals surface area contributed by atoms with Gasteiger partial charge in [-0.25, -0.2) is 4.79 Å². The predicted molar refractivity (Wildman–Crippen MR) is 28.0 cm³/mol. The summed E-state index contributed by atoms with van der Waals surface area (Å²) in [6.07, 6.45) is 0. The molecule has 0 aromatic carbocycles. The van der Waals surface area contributed by atoms with E-state index in [-0.39, 0.29) is 17.4 Å². The maximum atomic E-state index is 9.12. The van der Waals surface area contributed by atoms with Crippen molar-refractivity contribution in [1.82, 2.24) is 0 Å². The van der Waals surface area contributed by atoms with Crippen LogP contribution in [0.3, 0.4) is 0 Å². The molecule has 0 unspecified atom stereocenters. The number of aliphatic hydroxyl groups is 1. The van der Waals surface area contributed by atoms with Crippen LogP contribution in [-0.4, -0.2) is 33.9 Å². The molecule has 0 aromatic rings. The second-order valence-electron chi connectivity index (χ2n) is 1.07. The number of carbonyl (C=O) groups is 2. The molecule has 0 radical (unpaired) electrons. The van der Waals surface area contributed by atoms with Gasteiger partial charge in [0, 0.05) is 24.3 Å². The first-order valence-corrected chi connectivity index (χ1v) is 2.03. The van der Waals surface area contributed by atoms with Crippen LogP contribution in [0.15, 0.2) is 0 Å². The van der Waals surface area contributed by atoms with E-state index in [1.807, 2.05) is 0 Å². The van der Waals surface area contributed by atoms with E-state index in [0.29, 0.717) is 0 Å². The SMILES string of the molecule is CC(=O)O.O=C(O)CO.[Cr]. The summed E-state index contributed by atoms with van der Waals surface area (Å²) in [4.78, 5) is 18.1. The molecule has 0 spiro atoms. The van der Waals surface area contributed by atoms with Gasteiger partial charge < -0.3 is 15.3 Å². The molecule has 5 nitrogen and oxygen atoms in total. The first-order valence-electron chi connectivity index (χ1n) is 2.03. The molecule has 0 aromatic heterocycles. The zero-order chi connectivity index (χ0) is 7.86. The fourth-order valence-electron chi connectivity index (χ4n) is 0. The van der Waals surface area contributed by atoms with Crippen molar-refractivity contribution in [2.45, 2.75) is 6.92 Å². The maximum Gasteiger partial charge on any atom is 0.329 e. The van der Waals surface area contributed by atoms with Crippen molar-refractivity contribution in [2.75, 3.05) is 6.61 Å². The third-order valence-corrected chi connectivity index (χ3v) is 0.135. The Bertz CT molecular complexity index is 97.8. The molecular formula is C4H8CrO5. The van der Waals surface area contributed by atoms with E-state index in [9.17, 15) is 0 Å². The van der Waals surface area contributed by atoms with E-state index >= 15 is 0 Å². The smallest absolute Gasteiger partial charge is 0.329 e. The minimum atomic E-state index is -1.19. The van der Waals surface area contributed by atoms with Gasteiger partial charge >= 0.3 is 5.97 Å². The topological polar surface area (TPSA) is 94.8 Å². The van der Waals surface area contributed by atoms with E-state index in [4.69, 9.17) is 24.9 Å². The van der Waals surface area contributed by atoms with Crippen LogP contribution >= 0.6 is 0 Å². The minimum Gasteiger partial charge on any atom is -0.481 e. The molecule has 0 aliphatic heterocycles. The van der Waals surface area contributed by atoms with Gasteiger partial charge in [-0.15, -0.1) is 0 Å². The van der Waals surface area contributed by atoms with Gasteiger partial charge in [0.2, 0.25) is 0 Å². The summed E-state index contributed by atoms with van der Waals surface area (Å²) in [5.74, 6) is -2.02. The zero-order valence-corrected chi connectivity index (χ0v) is 6.55. The Labute approximate surface area is 68.4 Å². The molecule has 0 rings (SSSR count). The van der Waals surface area contributed by atoms with Crippen LogP contribution in [0.2, 0.25) is 0 Å². The van der Waals surface area contributed by atoms with Gasteiger partial charge in [0.05, 0.1) is 0 Å². The molecule has 0 amide bonds. The molecule has 0 fully saturated rings. The fraction of sp³-hybridized carbons (Fsp3) is 0.500. The molecule has 6 heteroatoms. The number of aliphatic hydroxyl groups excluding tert-OH is 1. The first kappa shape index (κ1) is 16.2. The number of hydrogen-bond acceptors (Lipinski definition) is 3. The molecule has 10 heavy (non-hydrogen) atoms.